The maximum Gasteiger partial charge on any atom is 0.418 e. The van der Waals surface area contributed by atoms with Gasteiger partial charge in [0, 0.05) is 11.8 Å². The number of halogens is 1. The number of ketones is 1. The van der Waals surface area contributed by atoms with E-state index in [-0.39, 0.29) is 16.6 Å². The fourth-order valence-electron chi connectivity index (χ4n) is 4.70. The molecule has 17 nitrogen and oxygen atoms in total. The van der Waals surface area contributed by atoms with Crippen LogP contribution < -0.4 is 20.9 Å². The van der Waals surface area contributed by atoms with Crippen LogP contribution in [-0.4, -0.2) is 81.0 Å². The lowest BCUT2D eigenvalue weighted by Crippen LogP contribution is -2.68. The molecule has 0 spiro atoms. The van der Waals surface area contributed by atoms with Gasteiger partial charge in [0.15, 0.2) is 35.2 Å². The molecule has 20 heteroatoms. The van der Waals surface area contributed by atoms with Crippen molar-refractivity contribution in [2.45, 2.75) is 44.9 Å². The number of hydrogen-bond donors (Lipinski definition) is 4. The van der Waals surface area contributed by atoms with Crippen LogP contribution in [-0.2, 0) is 47.5 Å². The number of hydroxylamine groups is 2. The van der Waals surface area contributed by atoms with Crippen molar-refractivity contribution in [3.05, 3.63) is 47.5 Å². The number of nitrogens with two attached hydrogens (primary N) is 2. The second kappa shape index (κ2) is 14.1. The van der Waals surface area contributed by atoms with Gasteiger partial charge in [0.05, 0.1) is 29.8 Å². The fraction of sp³-hybridized carbons (Fsp3) is 0.407. The Bertz CT molecular complexity index is 1810. The Morgan fingerprint density at radius 1 is 1.30 bits per heavy atom. The quantitative estimate of drug-likeness (QED) is 0.0530. The van der Waals surface area contributed by atoms with Crippen molar-refractivity contribution in [1.82, 2.24) is 14.7 Å². The first-order valence-electron chi connectivity index (χ1n) is 13.9. The molecule has 1 amide bonds. The Kier molecular flexibility index (Phi) is 10.6. The summed E-state index contributed by atoms with van der Waals surface area (Å²) in [5.41, 5.74) is 10.7. The largest absolute Gasteiger partial charge is 0.486 e. The number of nitrogens with zero attached hydrogens (tertiary/aromatic N) is 5. The second-order valence-corrected chi connectivity index (χ2v) is 12.9. The molecule has 6 N–H and O–H groups in total. The van der Waals surface area contributed by atoms with Gasteiger partial charge in [0.1, 0.15) is 12.3 Å². The lowest BCUT2D eigenvalue weighted by molar-refractivity contribution is -0.753. The number of amides is 1. The third-order valence-corrected chi connectivity index (χ3v) is 8.29. The molecule has 1 aromatic carbocycles. The summed E-state index contributed by atoms with van der Waals surface area (Å²) in [6.07, 6.45) is 2.07. The molecule has 3 heterocycles. The molecule has 2 aromatic heterocycles. The van der Waals surface area contributed by atoms with E-state index in [1.54, 1.807) is 6.07 Å². The molecular formula is C27H33FN7O10S2+. The van der Waals surface area contributed by atoms with Crippen molar-refractivity contribution in [2.24, 2.45) is 23.9 Å². The Morgan fingerprint density at radius 3 is 2.60 bits per heavy atom. The van der Waals surface area contributed by atoms with Gasteiger partial charge in [-0.25, -0.2) is 14.2 Å². The highest BCUT2D eigenvalue weighted by Crippen LogP contribution is 2.40. The molecule has 47 heavy (non-hydrogen) atoms. The van der Waals surface area contributed by atoms with Crippen LogP contribution in [0.15, 0.2) is 41.1 Å². The van der Waals surface area contributed by atoms with E-state index in [2.05, 4.69) is 14.4 Å². The predicted octanol–water partition coefficient (Wildman–Crippen LogP) is 0.690. The maximum absolute atomic E-state index is 15.0. The zero-order valence-corrected chi connectivity index (χ0v) is 27.0. The summed E-state index contributed by atoms with van der Waals surface area (Å²) in [6, 6.07) is 4.18. The van der Waals surface area contributed by atoms with Gasteiger partial charge in [-0.15, -0.1) is 20.3 Å². The Morgan fingerprint density at radius 2 is 2.02 bits per heavy atom. The number of hydrogen-bond acceptors (Lipinski definition) is 13. The number of carbonyl (C=O) groups excluding carboxylic acids is 2. The van der Waals surface area contributed by atoms with E-state index in [1.165, 1.54) is 31.4 Å². The van der Waals surface area contributed by atoms with Crippen LogP contribution in [0.3, 0.4) is 0 Å². The van der Waals surface area contributed by atoms with Crippen LogP contribution in [0.4, 0.5) is 9.52 Å². The van der Waals surface area contributed by atoms with Crippen LogP contribution in [0.1, 0.15) is 32.4 Å². The SMILES string of the molecule is C[n+]1cc(-c2ccc(OCC(O/N=C(\C(=O)C[C@@H]3C(=O)N(OS(=O)(=O)O)C3(C)C)c3csc(N)n3)C(=O)O)c(F)c2)cn1CCCN. The summed E-state index contributed by atoms with van der Waals surface area (Å²) < 4.78 is 59.6. The summed E-state index contributed by atoms with van der Waals surface area (Å²) in [7, 11) is -3.17. The maximum atomic E-state index is 15.0. The van der Waals surface area contributed by atoms with E-state index >= 15 is 0 Å². The normalized spacial score (nSPS) is 16.9. The molecule has 2 atom stereocenters. The number of carboxylic acid groups (broad SMARTS) is 1. The number of aliphatic carboxylic acids is 1. The highest BCUT2D eigenvalue weighted by molar-refractivity contribution is 7.80. The third kappa shape index (κ3) is 8.27. The Balaban J connectivity index is 1.47. The average molecular weight is 699 g/mol. The Labute approximate surface area is 272 Å². The second-order valence-electron chi connectivity index (χ2n) is 11.0. The first-order chi connectivity index (χ1) is 22.0. The summed E-state index contributed by atoms with van der Waals surface area (Å²) in [6.45, 7) is 3.29. The predicted molar refractivity (Wildman–Crippen MR) is 162 cm³/mol. The molecule has 0 saturated carbocycles. The fourth-order valence-corrected chi connectivity index (χ4v) is 5.70. The molecule has 1 saturated heterocycles. The lowest BCUT2D eigenvalue weighted by Gasteiger charge is -2.50. The number of β-lactam (4-membered cyclic amide) rings is 1. The summed E-state index contributed by atoms with van der Waals surface area (Å²) in [5.74, 6) is -5.43. The number of aromatic nitrogens is 3. The molecule has 0 radical (unpaired) electrons. The molecule has 1 fully saturated rings. The molecule has 4 rings (SSSR count). The van der Waals surface area contributed by atoms with Gasteiger partial charge < -0.3 is 26.1 Å². The van der Waals surface area contributed by atoms with Gasteiger partial charge in [0.2, 0.25) is 6.20 Å². The van der Waals surface area contributed by atoms with Gasteiger partial charge in [-0.1, -0.05) is 11.2 Å². The average Bonchev–Trinajstić information content (AvgIpc) is 3.59. The van der Waals surface area contributed by atoms with E-state index in [4.69, 9.17) is 25.6 Å². The number of thiazole rings is 1. The number of ether oxygens (including phenoxy) is 1. The van der Waals surface area contributed by atoms with E-state index < -0.39 is 70.2 Å². The van der Waals surface area contributed by atoms with Crippen LogP contribution in [0.2, 0.25) is 0 Å². The van der Waals surface area contributed by atoms with Crippen LogP contribution in [0, 0.1) is 11.7 Å². The minimum atomic E-state index is -5.01. The van der Waals surface area contributed by atoms with Crippen molar-refractivity contribution in [3.8, 4) is 16.9 Å². The van der Waals surface area contributed by atoms with Crippen LogP contribution in [0.25, 0.3) is 11.1 Å². The van der Waals surface area contributed by atoms with Gasteiger partial charge in [0.25, 0.3) is 12.0 Å². The van der Waals surface area contributed by atoms with Crippen molar-refractivity contribution in [1.29, 1.82) is 0 Å². The molecular weight excluding hydrogens is 665 g/mol. The van der Waals surface area contributed by atoms with Crippen molar-refractivity contribution >= 4 is 50.2 Å². The highest BCUT2D eigenvalue weighted by Gasteiger charge is 2.57. The summed E-state index contributed by atoms with van der Waals surface area (Å²) in [4.78, 5) is 46.9. The third-order valence-electron chi connectivity index (χ3n) is 7.27. The molecule has 0 aliphatic carbocycles. The molecule has 1 aliphatic rings. The number of rotatable bonds is 16. The van der Waals surface area contributed by atoms with Gasteiger partial charge in [-0.05, 0) is 44.5 Å². The molecule has 3 aromatic rings. The zero-order valence-electron chi connectivity index (χ0n) is 25.4. The molecule has 1 unspecified atom stereocenters. The molecule has 0 bridgehead atoms. The molecule has 254 valence electrons. The standard InChI is InChI=1S/C27H32FN7O10S2/c1-27(2)17(24(37)35(27)45-47(40,41)42)10-20(36)23(19-14-46-26(30)31-19)32-44-22(25(38)39)13-43-21-6-5-15(9-18(21)28)16-11-33(3)34(12-16)8-4-7-29/h5-6,9,11-12,14,17,22H,4,7-8,10,13,29H2,1-3H3,(H3-,30,31,38,39,40,41,42)/p+1/b32-23-/t17-,22?/m1/s1. The number of benzene rings is 1. The zero-order chi connectivity index (χ0) is 34.7. The number of Topliss-reactive ketones (excluding diaryl/α,β-unsaturated/α-hetero) is 1. The van der Waals surface area contributed by atoms with Crippen LogP contribution >= 0.6 is 11.3 Å². The first-order valence-corrected chi connectivity index (χ1v) is 16.2. The van der Waals surface area contributed by atoms with Gasteiger partial charge in [-0.2, -0.15) is 18.2 Å². The number of carbonyl (C=O) groups is 3. The van der Waals surface area contributed by atoms with E-state index in [9.17, 15) is 32.3 Å². The van der Waals surface area contributed by atoms with Gasteiger partial charge >= 0.3 is 16.4 Å². The van der Waals surface area contributed by atoms with Crippen LogP contribution in [0.5, 0.6) is 5.75 Å². The van der Waals surface area contributed by atoms with Crippen molar-refractivity contribution < 1.29 is 55.4 Å². The minimum Gasteiger partial charge on any atom is -0.486 e. The van der Waals surface area contributed by atoms with Crippen molar-refractivity contribution in [3.63, 3.8) is 0 Å². The smallest absolute Gasteiger partial charge is 0.418 e. The lowest BCUT2D eigenvalue weighted by atomic mass is 9.74. The van der Waals surface area contributed by atoms with E-state index in [0.29, 0.717) is 23.7 Å². The highest BCUT2D eigenvalue weighted by atomic mass is 32.3. The van der Waals surface area contributed by atoms with Gasteiger partial charge in [-0.3, -0.25) is 14.1 Å². The summed E-state index contributed by atoms with van der Waals surface area (Å²) >= 11 is 0.948. The molecule has 1 aliphatic heterocycles. The van der Waals surface area contributed by atoms with E-state index in [0.717, 1.165) is 23.3 Å². The van der Waals surface area contributed by atoms with E-state index in [1.807, 2.05) is 28.8 Å². The number of carboxylic acids is 1. The monoisotopic (exact) mass is 698 g/mol. The number of anilines is 1. The number of oxime groups is 1. The topological polar surface area (TPSA) is 243 Å². The number of nitrogen functional groups attached to an aromatic ring is 1. The first kappa shape index (κ1) is 35.4. The Hall–Kier alpha value is -4.50. The summed E-state index contributed by atoms with van der Waals surface area (Å²) in [5, 5.41) is 15.2. The minimum absolute atomic E-state index is 0.0474. The van der Waals surface area contributed by atoms with Crippen molar-refractivity contribution in [2.75, 3.05) is 18.9 Å². The number of aryl methyl sites for hydroxylation is 2.